The van der Waals surface area contributed by atoms with Crippen molar-refractivity contribution in [3.05, 3.63) is 24.3 Å². The number of ether oxygens (including phenoxy) is 1. The predicted molar refractivity (Wildman–Crippen MR) is 72.9 cm³/mol. The Bertz CT molecular complexity index is 229. The molecule has 0 rings (SSSR count). The summed E-state index contributed by atoms with van der Waals surface area (Å²) in [6.45, 7) is 2.24. The van der Waals surface area contributed by atoms with Crippen molar-refractivity contribution in [2.75, 3.05) is 7.11 Å². The van der Waals surface area contributed by atoms with Gasteiger partial charge in [0.2, 0.25) is 0 Å². The zero-order valence-corrected chi connectivity index (χ0v) is 11.3. The average Bonchev–Trinajstić information content (AvgIpc) is 2.35. The number of hydrogen-bond donors (Lipinski definition) is 0. The minimum absolute atomic E-state index is 0.300. The first-order valence-corrected chi connectivity index (χ1v) is 6.72. The Labute approximate surface area is 106 Å². The fourth-order valence-electron chi connectivity index (χ4n) is 1.60. The van der Waals surface area contributed by atoms with Crippen LogP contribution < -0.4 is 0 Å². The number of methoxy groups -OCH3 is 1. The largest absolute Gasteiger partial charge is 0.466 e. The molecule has 2 heteroatoms. The van der Waals surface area contributed by atoms with Crippen LogP contribution in [0.2, 0.25) is 0 Å². The predicted octanol–water partition coefficient (Wildman–Crippen LogP) is 4.41. The van der Waals surface area contributed by atoms with Crippen LogP contribution in [-0.4, -0.2) is 13.1 Å². The number of allylic oxidation sites excluding steroid dienone is 3. The second-order valence-electron chi connectivity index (χ2n) is 4.22. The summed E-state index contributed by atoms with van der Waals surface area (Å²) in [5.74, 6) is -0.300. The van der Waals surface area contributed by atoms with Gasteiger partial charge in [0.05, 0.1) is 7.11 Å². The summed E-state index contributed by atoms with van der Waals surface area (Å²) in [7, 11) is 1.38. The Hall–Kier alpha value is -1.05. The molecular weight excluding hydrogens is 212 g/mol. The Balaban J connectivity index is 3.25. The van der Waals surface area contributed by atoms with Crippen LogP contribution in [0, 0.1) is 0 Å². The monoisotopic (exact) mass is 238 g/mol. The van der Waals surface area contributed by atoms with E-state index in [1.165, 1.54) is 58.1 Å². The summed E-state index contributed by atoms with van der Waals surface area (Å²) in [6.07, 6.45) is 17.6. The Morgan fingerprint density at radius 3 is 2.29 bits per heavy atom. The van der Waals surface area contributed by atoms with Crippen molar-refractivity contribution in [2.45, 2.75) is 58.3 Å². The van der Waals surface area contributed by atoms with Gasteiger partial charge in [0.1, 0.15) is 0 Å². The third-order valence-corrected chi connectivity index (χ3v) is 2.66. The molecule has 0 amide bonds. The summed E-state index contributed by atoms with van der Waals surface area (Å²) >= 11 is 0. The van der Waals surface area contributed by atoms with Gasteiger partial charge in [-0.15, -0.1) is 0 Å². The lowest BCUT2D eigenvalue weighted by molar-refractivity contribution is -0.134. The van der Waals surface area contributed by atoms with Crippen molar-refractivity contribution in [3.8, 4) is 0 Å². The first kappa shape index (κ1) is 16.0. The van der Waals surface area contributed by atoms with E-state index in [0.717, 1.165) is 6.42 Å². The molecule has 0 atom stereocenters. The van der Waals surface area contributed by atoms with E-state index in [9.17, 15) is 4.79 Å². The molecule has 2 nitrogen and oxygen atoms in total. The van der Waals surface area contributed by atoms with Crippen molar-refractivity contribution < 1.29 is 9.53 Å². The highest BCUT2D eigenvalue weighted by Crippen LogP contribution is 2.08. The first-order chi connectivity index (χ1) is 8.31. The molecule has 0 unspecified atom stereocenters. The second kappa shape index (κ2) is 13.0. The van der Waals surface area contributed by atoms with Crippen molar-refractivity contribution in [3.63, 3.8) is 0 Å². The summed E-state index contributed by atoms with van der Waals surface area (Å²) in [5, 5.41) is 0. The molecule has 0 aliphatic carbocycles. The average molecular weight is 238 g/mol. The zero-order valence-electron chi connectivity index (χ0n) is 11.3. The molecule has 0 aromatic carbocycles. The van der Waals surface area contributed by atoms with Gasteiger partial charge in [0.25, 0.3) is 0 Å². The molecule has 17 heavy (non-hydrogen) atoms. The molecular formula is C15H26O2. The van der Waals surface area contributed by atoms with E-state index >= 15 is 0 Å². The van der Waals surface area contributed by atoms with Gasteiger partial charge in [0, 0.05) is 6.08 Å². The van der Waals surface area contributed by atoms with E-state index in [-0.39, 0.29) is 5.97 Å². The van der Waals surface area contributed by atoms with Crippen LogP contribution >= 0.6 is 0 Å². The van der Waals surface area contributed by atoms with E-state index < -0.39 is 0 Å². The maximum absolute atomic E-state index is 10.7. The normalized spacial score (nSPS) is 11.4. The zero-order chi connectivity index (χ0) is 12.8. The van der Waals surface area contributed by atoms with E-state index in [2.05, 4.69) is 17.7 Å². The SMILES string of the molecule is CCCCCCCCC/C=C\C=C\C(=O)OC. The molecule has 0 heterocycles. The number of hydrogen-bond acceptors (Lipinski definition) is 2. The topological polar surface area (TPSA) is 26.3 Å². The highest BCUT2D eigenvalue weighted by Gasteiger charge is 1.89. The van der Waals surface area contributed by atoms with E-state index in [4.69, 9.17) is 0 Å². The third-order valence-electron chi connectivity index (χ3n) is 2.66. The molecule has 0 N–H and O–H groups in total. The molecule has 0 aliphatic rings. The Morgan fingerprint density at radius 2 is 1.65 bits per heavy atom. The second-order valence-corrected chi connectivity index (χ2v) is 4.22. The summed E-state index contributed by atoms with van der Waals surface area (Å²) in [5.41, 5.74) is 0. The number of unbranched alkanes of at least 4 members (excludes halogenated alkanes) is 7. The van der Waals surface area contributed by atoms with E-state index in [0.29, 0.717) is 0 Å². The molecule has 0 saturated carbocycles. The van der Waals surface area contributed by atoms with Gasteiger partial charge in [0.15, 0.2) is 0 Å². The minimum Gasteiger partial charge on any atom is -0.466 e. The molecule has 0 fully saturated rings. The molecule has 0 spiro atoms. The number of rotatable bonds is 10. The fourth-order valence-corrected chi connectivity index (χ4v) is 1.60. The van der Waals surface area contributed by atoms with Crippen molar-refractivity contribution in [1.29, 1.82) is 0 Å². The van der Waals surface area contributed by atoms with Gasteiger partial charge in [-0.05, 0) is 12.8 Å². The van der Waals surface area contributed by atoms with Crippen LogP contribution in [0.15, 0.2) is 24.3 Å². The standard InChI is InChI=1S/C15H26O2/c1-3-4-5-6-7-8-9-10-11-12-13-14-15(16)17-2/h11-14H,3-10H2,1-2H3/b12-11-,14-13+. The molecule has 0 bridgehead atoms. The van der Waals surface area contributed by atoms with Gasteiger partial charge in [-0.25, -0.2) is 4.79 Å². The van der Waals surface area contributed by atoms with Crippen molar-refractivity contribution >= 4 is 5.97 Å². The number of carbonyl (C=O) groups is 1. The van der Waals surface area contributed by atoms with Crippen LogP contribution in [0.1, 0.15) is 58.3 Å². The molecule has 0 aliphatic heterocycles. The molecule has 98 valence electrons. The van der Waals surface area contributed by atoms with Gasteiger partial charge in [-0.2, -0.15) is 0 Å². The van der Waals surface area contributed by atoms with Crippen LogP contribution in [0.4, 0.5) is 0 Å². The third kappa shape index (κ3) is 12.9. The lowest BCUT2D eigenvalue weighted by atomic mass is 10.1. The fraction of sp³-hybridized carbons (Fsp3) is 0.667. The van der Waals surface area contributed by atoms with Crippen LogP contribution in [0.25, 0.3) is 0 Å². The van der Waals surface area contributed by atoms with Crippen LogP contribution in [-0.2, 0) is 9.53 Å². The van der Waals surface area contributed by atoms with Crippen LogP contribution in [0.3, 0.4) is 0 Å². The first-order valence-electron chi connectivity index (χ1n) is 6.72. The highest BCUT2D eigenvalue weighted by molar-refractivity contribution is 5.82. The van der Waals surface area contributed by atoms with Crippen LogP contribution in [0.5, 0.6) is 0 Å². The lowest BCUT2D eigenvalue weighted by Gasteiger charge is -1.98. The van der Waals surface area contributed by atoms with Gasteiger partial charge < -0.3 is 4.74 Å². The summed E-state index contributed by atoms with van der Waals surface area (Å²) in [6, 6.07) is 0. The van der Waals surface area contributed by atoms with Gasteiger partial charge >= 0.3 is 5.97 Å². The van der Waals surface area contributed by atoms with Crippen molar-refractivity contribution in [1.82, 2.24) is 0 Å². The van der Waals surface area contributed by atoms with Gasteiger partial charge in [-0.1, -0.05) is 63.7 Å². The molecule has 0 aromatic rings. The van der Waals surface area contributed by atoms with Gasteiger partial charge in [-0.3, -0.25) is 0 Å². The minimum atomic E-state index is -0.300. The number of esters is 1. The number of carbonyl (C=O) groups excluding carboxylic acids is 1. The molecule has 0 aromatic heterocycles. The summed E-state index contributed by atoms with van der Waals surface area (Å²) < 4.78 is 4.48. The summed E-state index contributed by atoms with van der Waals surface area (Å²) in [4.78, 5) is 10.7. The highest BCUT2D eigenvalue weighted by atomic mass is 16.5. The Kier molecular flexibility index (Phi) is 12.2. The smallest absolute Gasteiger partial charge is 0.330 e. The lowest BCUT2D eigenvalue weighted by Crippen LogP contribution is -1.92. The van der Waals surface area contributed by atoms with E-state index in [1.54, 1.807) is 6.08 Å². The maximum atomic E-state index is 10.7. The van der Waals surface area contributed by atoms with E-state index in [1.807, 2.05) is 6.08 Å². The molecule has 0 radical (unpaired) electrons. The maximum Gasteiger partial charge on any atom is 0.330 e. The molecule has 0 saturated heterocycles. The van der Waals surface area contributed by atoms with Crippen molar-refractivity contribution in [2.24, 2.45) is 0 Å². The Morgan fingerprint density at radius 1 is 1.00 bits per heavy atom. The quantitative estimate of drug-likeness (QED) is 0.244.